The van der Waals surface area contributed by atoms with E-state index in [0.29, 0.717) is 25.8 Å². The SMILES string of the molecule is CC(C)C(NC(=O)C(CO)NC(=O)C(Cc1c[nH]c2ccccc12)NC(=O)C(N)CCCCN)C(=O)O. The predicted molar refractivity (Wildman–Crippen MR) is 138 cm³/mol. The van der Waals surface area contributed by atoms with Crippen molar-refractivity contribution >= 4 is 34.6 Å². The summed E-state index contributed by atoms with van der Waals surface area (Å²) in [5.74, 6) is -3.77. The van der Waals surface area contributed by atoms with E-state index in [9.17, 15) is 29.4 Å². The van der Waals surface area contributed by atoms with Crippen LogP contribution in [0.25, 0.3) is 10.9 Å². The lowest BCUT2D eigenvalue weighted by molar-refractivity contribution is -0.143. The molecule has 0 saturated carbocycles. The van der Waals surface area contributed by atoms with Crippen LogP contribution in [0.3, 0.4) is 0 Å². The molecule has 4 unspecified atom stereocenters. The number of aliphatic hydroxyl groups is 1. The maximum atomic E-state index is 13.3. The first-order valence-electron chi connectivity index (χ1n) is 12.3. The maximum Gasteiger partial charge on any atom is 0.326 e. The van der Waals surface area contributed by atoms with Gasteiger partial charge in [-0.15, -0.1) is 0 Å². The number of nitrogens with one attached hydrogen (secondary N) is 4. The van der Waals surface area contributed by atoms with Crippen LogP contribution in [0.5, 0.6) is 0 Å². The van der Waals surface area contributed by atoms with Crippen LogP contribution in [0, 0.1) is 5.92 Å². The van der Waals surface area contributed by atoms with E-state index in [1.807, 2.05) is 24.3 Å². The number of amides is 3. The fraction of sp³-hybridized carbons (Fsp3) is 0.520. The zero-order valence-corrected chi connectivity index (χ0v) is 21.2. The lowest BCUT2D eigenvalue weighted by atomic mass is 10.0. The summed E-state index contributed by atoms with van der Waals surface area (Å²) in [6.45, 7) is 2.95. The predicted octanol–water partition coefficient (Wildman–Crippen LogP) is -0.646. The van der Waals surface area contributed by atoms with Gasteiger partial charge in [0.25, 0.3) is 0 Å². The standard InChI is InChI=1S/C25H38N6O6/c1-14(2)21(25(36)37)31-24(35)20(13-32)30-23(34)19(29-22(33)17(27)8-5-6-10-26)11-15-12-28-18-9-4-3-7-16(15)18/h3-4,7,9,12,14,17,19-21,28,32H,5-6,8,10-11,13,26-27H2,1-2H3,(H,29,33)(H,30,34)(H,31,35)(H,36,37). The molecule has 0 aliphatic heterocycles. The average molecular weight is 519 g/mol. The van der Waals surface area contributed by atoms with Gasteiger partial charge < -0.3 is 42.6 Å². The Bertz CT molecular complexity index is 1070. The molecule has 1 heterocycles. The number of aromatic amines is 1. The topological polar surface area (TPSA) is 213 Å². The third-order valence-corrected chi connectivity index (χ3v) is 6.08. The molecule has 1 aromatic carbocycles. The van der Waals surface area contributed by atoms with Crippen LogP contribution in [0.4, 0.5) is 0 Å². The molecular formula is C25H38N6O6. The largest absolute Gasteiger partial charge is 0.480 e. The Kier molecular flexibility index (Phi) is 11.5. The minimum atomic E-state index is -1.42. The number of H-pyrrole nitrogens is 1. The third kappa shape index (κ3) is 8.55. The molecule has 12 heteroatoms. The lowest BCUT2D eigenvalue weighted by Crippen LogP contribution is -2.59. The highest BCUT2D eigenvalue weighted by atomic mass is 16.4. The van der Waals surface area contributed by atoms with Crippen LogP contribution < -0.4 is 27.4 Å². The van der Waals surface area contributed by atoms with Gasteiger partial charge in [-0.25, -0.2) is 4.79 Å². The Morgan fingerprint density at radius 3 is 2.24 bits per heavy atom. The summed E-state index contributed by atoms with van der Waals surface area (Å²) in [6.07, 6.45) is 3.56. The van der Waals surface area contributed by atoms with Gasteiger partial charge >= 0.3 is 5.97 Å². The number of carbonyl (C=O) groups is 4. The quantitative estimate of drug-likeness (QED) is 0.142. The van der Waals surface area contributed by atoms with Crippen molar-refractivity contribution in [3.8, 4) is 0 Å². The lowest BCUT2D eigenvalue weighted by Gasteiger charge is -2.25. The van der Waals surface area contributed by atoms with Crippen molar-refractivity contribution in [2.75, 3.05) is 13.2 Å². The highest BCUT2D eigenvalue weighted by Gasteiger charge is 2.31. The molecule has 2 aromatic rings. The number of unbranched alkanes of at least 4 members (excludes halogenated alkanes) is 1. The third-order valence-electron chi connectivity index (χ3n) is 6.08. The number of benzene rings is 1. The molecule has 0 fully saturated rings. The van der Waals surface area contributed by atoms with Crippen molar-refractivity contribution in [2.24, 2.45) is 17.4 Å². The average Bonchev–Trinajstić information content (AvgIpc) is 3.27. The molecule has 204 valence electrons. The van der Waals surface area contributed by atoms with E-state index in [1.165, 1.54) is 0 Å². The zero-order valence-electron chi connectivity index (χ0n) is 21.2. The Balaban J connectivity index is 2.21. The van der Waals surface area contributed by atoms with Gasteiger partial charge in [0.15, 0.2) is 0 Å². The number of fused-ring (bicyclic) bond motifs is 1. The number of aliphatic carboxylic acids is 1. The van der Waals surface area contributed by atoms with Crippen LogP contribution >= 0.6 is 0 Å². The fourth-order valence-electron chi connectivity index (χ4n) is 3.88. The van der Waals surface area contributed by atoms with Gasteiger partial charge in [-0.1, -0.05) is 38.5 Å². The first-order chi connectivity index (χ1) is 17.6. The minimum Gasteiger partial charge on any atom is -0.480 e. The Morgan fingerprint density at radius 2 is 1.62 bits per heavy atom. The molecule has 0 bridgehead atoms. The summed E-state index contributed by atoms with van der Waals surface area (Å²) in [5.41, 5.74) is 13.1. The molecular weight excluding hydrogens is 480 g/mol. The first-order valence-corrected chi connectivity index (χ1v) is 12.3. The van der Waals surface area contributed by atoms with Gasteiger partial charge in [0, 0.05) is 23.5 Å². The highest BCUT2D eigenvalue weighted by molar-refractivity contribution is 5.95. The highest BCUT2D eigenvalue weighted by Crippen LogP contribution is 2.19. The van der Waals surface area contributed by atoms with Gasteiger partial charge in [-0.3, -0.25) is 14.4 Å². The van der Waals surface area contributed by atoms with Crippen molar-refractivity contribution in [2.45, 2.75) is 63.7 Å². The molecule has 0 aliphatic rings. The van der Waals surface area contributed by atoms with Gasteiger partial charge in [-0.2, -0.15) is 0 Å². The monoisotopic (exact) mass is 518 g/mol. The minimum absolute atomic E-state index is 0.0839. The van der Waals surface area contributed by atoms with Crippen LogP contribution in [-0.2, 0) is 25.6 Å². The number of aromatic nitrogens is 1. The van der Waals surface area contributed by atoms with Crippen molar-refractivity contribution < 1.29 is 29.4 Å². The van der Waals surface area contributed by atoms with E-state index in [0.717, 1.165) is 16.5 Å². The number of nitrogens with two attached hydrogens (primary N) is 2. The second-order valence-corrected chi connectivity index (χ2v) is 9.33. The first kappa shape index (κ1) is 29.7. The number of hydrogen-bond donors (Lipinski definition) is 8. The number of carboxylic acid groups (broad SMARTS) is 1. The van der Waals surface area contributed by atoms with E-state index >= 15 is 0 Å². The van der Waals surface area contributed by atoms with Crippen molar-refractivity contribution in [3.05, 3.63) is 36.0 Å². The second kappa shape index (κ2) is 14.3. The second-order valence-electron chi connectivity index (χ2n) is 9.33. The van der Waals surface area contributed by atoms with E-state index in [-0.39, 0.29) is 6.42 Å². The van der Waals surface area contributed by atoms with Crippen molar-refractivity contribution in [1.82, 2.24) is 20.9 Å². The fourth-order valence-corrected chi connectivity index (χ4v) is 3.88. The molecule has 0 spiro atoms. The summed E-state index contributed by atoms with van der Waals surface area (Å²) in [7, 11) is 0. The van der Waals surface area contributed by atoms with Gasteiger partial charge in [0.2, 0.25) is 17.7 Å². The van der Waals surface area contributed by atoms with E-state index in [4.69, 9.17) is 11.5 Å². The van der Waals surface area contributed by atoms with Crippen molar-refractivity contribution in [3.63, 3.8) is 0 Å². The van der Waals surface area contributed by atoms with Crippen molar-refractivity contribution in [1.29, 1.82) is 0 Å². The number of para-hydroxylation sites is 1. The molecule has 0 saturated heterocycles. The number of carbonyl (C=O) groups excluding carboxylic acids is 3. The van der Waals surface area contributed by atoms with Gasteiger partial charge in [-0.05, 0) is 36.9 Å². The molecule has 2 rings (SSSR count). The van der Waals surface area contributed by atoms with Crippen LogP contribution in [-0.4, -0.2) is 76.2 Å². The number of hydrogen-bond acceptors (Lipinski definition) is 7. The summed E-state index contributed by atoms with van der Waals surface area (Å²) >= 11 is 0. The van der Waals surface area contributed by atoms with Crippen LogP contribution in [0.2, 0.25) is 0 Å². The molecule has 0 aliphatic carbocycles. The van der Waals surface area contributed by atoms with Gasteiger partial charge in [0.05, 0.1) is 12.6 Å². The van der Waals surface area contributed by atoms with Crippen LogP contribution in [0.15, 0.2) is 30.5 Å². The Morgan fingerprint density at radius 1 is 0.973 bits per heavy atom. The zero-order chi connectivity index (χ0) is 27.5. The molecule has 0 radical (unpaired) electrons. The van der Waals surface area contributed by atoms with E-state index in [1.54, 1.807) is 20.0 Å². The molecule has 37 heavy (non-hydrogen) atoms. The molecule has 1 aromatic heterocycles. The summed E-state index contributed by atoms with van der Waals surface area (Å²) in [6, 6.07) is 2.86. The Hall–Kier alpha value is -3.48. The number of carboxylic acids is 1. The summed E-state index contributed by atoms with van der Waals surface area (Å²) in [4.78, 5) is 53.2. The number of rotatable bonds is 15. The summed E-state index contributed by atoms with van der Waals surface area (Å²) < 4.78 is 0. The normalized spacial score (nSPS) is 14.5. The van der Waals surface area contributed by atoms with Crippen LogP contribution in [0.1, 0.15) is 38.7 Å². The van der Waals surface area contributed by atoms with Gasteiger partial charge in [0.1, 0.15) is 18.1 Å². The molecule has 10 N–H and O–H groups in total. The van der Waals surface area contributed by atoms with E-state index in [2.05, 4.69) is 20.9 Å². The molecule has 12 nitrogen and oxygen atoms in total. The molecule has 3 amide bonds. The molecule has 4 atom stereocenters. The Labute approximate surface area is 215 Å². The number of aliphatic hydroxyl groups excluding tert-OH is 1. The smallest absolute Gasteiger partial charge is 0.326 e. The maximum absolute atomic E-state index is 13.3. The van der Waals surface area contributed by atoms with E-state index < -0.39 is 60.4 Å². The summed E-state index contributed by atoms with van der Waals surface area (Å²) in [5, 5.41) is 27.4.